The number of nitrogens with zero attached hydrogens (tertiary/aromatic N) is 5. The lowest BCUT2D eigenvalue weighted by Crippen LogP contribution is -2.32. The predicted molar refractivity (Wildman–Crippen MR) is 193 cm³/mol. The fraction of sp³-hybridized carbons (Fsp3) is 0.282. The van der Waals surface area contributed by atoms with Crippen molar-refractivity contribution in [3.63, 3.8) is 0 Å². The average molecular weight is 676 g/mol. The van der Waals surface area contributed by atoms with E-state index < -0.39 is 5.97 Å². The first-order valence-electron chi connectivity index (χ1n) is 16.5. The Balaban J connectivity index is 1.35. The first kappa shape index (κ1) is 32.4. The van der Waals surface area contributed by atoms with Gasteiger partial charge in [-0.1, -0.05) is 41.9 Å². The van der Waals surface area contributed by atoms with Crippen LogP contribution in [0.25, 0.3) is 32.9 Å². The fourth-order valence-corrected chi connectivity index (χ4v) is 7.52. The Morgan fingerprint density at radius 1 is 1.00 bits per heavy atom. The number of carbonyl (C=O) groups excluding carboxylic acids is 1. The van der Waals surface area contributed by atoms with E-state index in [2.05, 4.69) is 34.7 Å². The van der Waals surface area contributed by atoms with Crippen molar-refractivity contribution in [1.29, 1.82) is 0 Å². The summed E-state index contributed by atoms with van der Waals surface area (Å²) in [5.74, 6) is -0.399. The molecule has 10 heteroatoms. The van der Waals surface area contributed by atoms with Crippen molar-refractivity contribution < 1.29 is 19.4 Å². The molecule has 1 amide bonds. The highest BCUT2D eigenvalue weighted by Gasteiger charge is 2.32. The van der Waals surface area contributed by atoms with E-state index >= 15 is 0 Å². The summed E-state index contributed by atoms with van der Waals surface area (Å²) in [5, 5.41) is 17.0. The number of amides is 1. The van der Waals surface area contributed by atoms with E-state index in [0.717, 1.165) is 60.9 Å². The third kappa shape index (κ3) is 5.52. The molecule has 3 aromatic carbocycles. The number of fused-ring (bicyclic) bond motifs is 4. The van der Waals surface area contributed by atoms with Crippen molar-refractivity contribution in [3.05, 3.63) is 105 Å². The van der Waals surface area contributed by atoms with Crippen molar-refractivity contribution in [3.8, 4) is 16.9 Å². The zero-order chi connectivity index (χ0) is 34.6. The molecule has 0 radical (unpaired) electrons. The Morgan fingerprint density at radius 3 is 2.45 bits per heavy atom. The molecule has 1 aliphatic heterocycles. The zero-order valence-electron chi connectivity index (χ0n) is 28.3. The number of anilines is 1. The molecule has 0 aliphatic carbocycles. The minimum absolute atomic E-state index is 0.106. The monoisotopic (exact) mass is 675 g/mol. The number of para-hydroxylation sites is 2. The van der Waals surface area contributed by atoms with Crippen LogP contribution in [0.5, 0.6) is 5.75 Å². The number of hydrogen-bond acceptors (Lipinski definition) is 5. The Hall–Kier alpha value is -5.15. The van der Waals surface area contributed by atoms with E-state index in [4.69, 9.17) is 21.4 Å². The second kappa shape index (κ2) is 12.7. The molecular formula is C39H38ClN5O4. The summed E-state index contributed by atoms with van der Waals surface area (Å²) in [6.07, 6.45) is 3.61. The summed E-state index contributed by atoms with van der Waals surface area (Å²) in [5.41, 5.74) is 9.84. The Labute approximate surface area is 289 Å². The highest BCUT2D eigenvalue weighted by Crippen LogP contribution is 2.40. The Bertz CT molecular complexity index is 2280. The number of carboxylic acids is 1. The number of halogens is 1. The van der Waals surface area contributed by atoms with Crippen LogP contribution in [-0.4, -0.2) is 49.5 Å². The number of rotatable bonds is 8. The first-order chi connectivity index (χ1) is 23.6. The van der Waals surface area contributed by atoms with Crippen LogP contribution in [0.3, 0.4) is 0 Å². The number of aryl methyl sites for hydroxylation is 6. The van der Waals surface area contributed by atoms with Crippen LogP contribution < -0.4 is 9.64 Å². The second-order valence-corrected chi connectivity index (χ2v) is 13.2. The number of aromatic carboxylic acids is 1. The van der Waals surface area contributed by atoms with E-state index in [1.807, 2.05) is 56.8 Å². The molecule has 49 heavy (non-hydrogen) atoms. The quantitative estimate of drug-likeness (QED) is 0.163. The molecule has 0 fully saturated rings. The third-order valence-electron chi connectivity index (χ3n) is 9.70. The van der Waals surface area contributed by atoms with Gasteiger partial charge in [0.15, 0.2) is 0 Å². The van der Waals surface area contributed by atoms with Gasteiger partial charge in [-0.15, -0.1) is 0 Å². The van der Waals surface area contributed by atoms with Gasteiger partial charge in [-0.25, -0.2) is 4.79 Å². The van der Waals surface area contributed by atoms with E-state index in [-0.39, 0.29) is 11.5 Å². The van der Waals surface area contributed by atoms with Crippen LogP contribution in [0.2, 0.25) is 5.02 Å². The smallest absolute Gasteiger partial charge is 0.337 e. The largest absolute Gasteiger partial charge is 0.494 e. The number of carboxylic acid groups (broad SMARTS) is 1. The zero-order valence-corrected chi connectivity index (χ0v) is 29.1. The van der Waals surface area contributed by atoms with Gasteiger partial charge in [0.2, 0.25) is 0 Å². The molecule has 0 saturated heterocycles. The van der Waals surface area contributed by atoms with Crippen LogP contribution in [0.15, 0.2) is 60.8 Å². The molecule has 250 valence electrons. The number of ether oxygens (including phenoxy) is 1. The second-order valence-electron chi connectivity index (χ2n) is 12.8. The molecule has 4 heterocycles. The molecule has 3 aromatic heterocycles. The van der Waals surface area contributed by atoms with Gasteiger partial charge in [-0.3, -0.25) is 14.5 Å². The average Bonchev–Trinajstić information content (AvgIpc) is 3.46. The SMILES string of the molecule is Cc1cc(OCCCc2c3n(c4c(-c5c(C)nn(C)c5C)cccc24)CCCN(c2ccnc4c(C(=O)O)cccc24)C3=O)cc(C)c1Cl. The molecule has 6 aromatic rings. The first-order valence-corrected chi connectivity index (χ1v) is 16.9. The number of hydrogen-bond donors (Lipinski definition) is 1. The van der Waals surface area contributed by atoms with Crippen molar-refractivity contribution in [2.75, 3.05) is 18.1 Å². The van der Waals surface area contributed by atoms with Gasteiger partial charge >= 0.3 is 5.97 Å². The fourth-order valence-electron chi connectivity index (χ4n) is 7.41. The standard InChI is InChI=1S/C39H38ClN5O4/c1-22-20-26(21-23(2)34(22)40)49-19-8-14-28-27-10-6-12-30(33-24(3)42-43(5)25(33)4)36(27)45-18-9-17-44(38(46)37(28)45)32-15-16-41-35-29(32)11-7-13-31(35)39(47)48/h6-7,10-13,15-16,20-21H,8-9,14,17-19H2,1-5H3,(H,47,48). The summed E-state index contributed by atoms with van der Waals surface area (Å²) in [4.78, 5) is 33.2. The molecular weight excluding hydrogens is 638 g/mol. The van der Waals surface area contributed by atoms with Gasteiger partial charge in [-0.2, -0.15) is 5.10 Å². The molecule has 0 saturated carbocycles. The van der Waals surface area contributed by atoms with Crippen molar-refractivity contribution in [2.24, 2.45) is 7.05 Å². The van der Waals surface area contributed by atoms with Crippen molar-refractivity contribution in [1.82, 2.24) is 19.3 Å². The van der Waals surface area contributed by atoms with Crippen LogP contribution >= 0.6 is 11.6 Å². The van der Waals surface area contributed by atoms with E-state index in [0.29, 0.717) is 61.2 Å². The van der Waals surface area contributed by atoms with E-state index in [9.17, 15) is 14.7 Å². The van der Waals surface area contributed by atoms with Crippen LogP contribution in [0, 0.1) is 27.7 Å². The van der Waals surface area contributed by atoms with Gasteiger partial charge in [0.05, 0.1) is 34.6 Å². The van der Waals surface area contributed by atoms with Crippen LogP contribution in [-0.2, 0) is 20.0 Å². The predicted octanol–water partition coefficient (Wildman–Crippen LogP) is 8.24. The third-order valence-corrected chi connectivity index (χ3v) is 10.3. The topological polar surface area (TPSA) is 102 Å². The van der Waals surface area contributed by atoms with Gasteiger partial charge in [0, 0.05) is 58.9 Å². The van der Waals surface area contributed by atoms with Gasteiger partial charge in [0.25, 0.3) is 5.91 Å². The minimum atomic E-state index is -1.06. The number of benzene rings is 3. The molecule has 1 N–H and O–H groups in total. The molecule has 7 rings (SSSR count). The summed E-state index contributed by atoms with van der Waals surface area (Å²) < 4.78 is 10.3. The minimum Gasteiger partial charge on any atom is -0.494 e. The lowest BCUT2D eigenvalue weighted by molar-refractivity contribution is 0.0698. The maximum absolute atomic E-state index is 14.9. The molecule has 1 aliphatic rings. The molecule has 0 spiro atoms. The molecule has 0 atom stereocenters. The number of carbonyl (C=O) groups is 2. The Morgan fingerprint density at radius 2 is 1.73 bits per heavy atom. The van der Waals surface area contributed by atoms with Gasteiger partial charge < -0.3 is 19.3 Å². The van der Waals surface area contributed by atoms with Gasteiger partial charge in [-0.05, 0) is 87.9 Å². The number of aromatic nitrogens is 4. The van der Waals surface area contributed by atoms with Crippen molar-refractivity contribution >= 4 is 51.0 Å². The Kier molecular flexibility index (Phi) is 8.40. The summed E-state index contributed by atoms with van der Waals surface area (Å²) >= 11 is 6.39. The summed E-state index contributed by atoms with van der Waals surface area (Å²) in [6, 6.07) is 17.1. The normalized spacial score (nSPS) is 13.3. The summed E-state index contributed by atoms with van der Waals surface area (Å²) in [6.45, 7) is 9.64. The van der Waals surface area contributed by atoms with Crippen LogP contribution in [0.4, 0.5) is 5.69 Å². The lowest BCUT2D eigenvalue weighted by atomic mass is 9.98. The van der Waals surface area contributed by atoms with E-state index in [1.54, 1.807) is 23.2 Å². The maximum Gasteiger partial charge on any atom is 0.337 e. The highest BCUT2D eigenvalue weighted by molar-refractivity contribution is 6.32. The molecule has 0 unspecified atom stereocenters. The summed E-state index contributed by atoms with van der Waals surface area (Å²) in [7, 11) is 1.95. The van der Waals surface area contributed by atoms with Gasteiger partial charge in [0.1, 0.15) is 11.4 Å². The number of pyridine rings is 1. The maximum atomic E-state index is 14.9. The lowest BCUT2D eigenvalue weighted by Gasteiger charge is -2.23. The molecule has 9 nitrogen and oxygen atoms in total. The highest BCUT2D eigenvalue weighted by atomic mass is 35.5. The molecule has 0 bridgehead atoms. The van der Waals surface area contributed by atoms with Crippen LogP contribution in [0.1, 0.15) is 61.8 Å². The van der Waals surface area contributed by atoms with Crippen molar-refractivity contribution in [2.45, 2.75) is 53.5 Å². The van der Waals surface area contributed by atoms with E-state index in [1.165, 1.54) is 0 Å².